The van der Waals surface area contributed by atoms with Gasteiger partial charge in [0.15, 0.2) is 0 Å². The molecule has 0 saturated carbocycles. The van der Waals surface area contributed by atoms with Crippen LogP contribution in [-0.4, -0.2) is 58.5 Å². The molecule has 21 heavy (non-hydrogen) atoms. The van der Waals surface area contributed by atoms with Gasteiger partial charge in [0.05, 0.1) is 6.54 Å². The van der Waals surface area contributed by atoms with Crippen molar-refractivity contribution in [2.24, 2.45) is 5.92 Å². The maximum Gasteiger partial charge on any atom is 0.303 e. The maximum atomic E-state index is 12.5. The van der Waals surface area contributed by atoms with E-state index in [1.165, 1.54) is 6.42 Å². The molecule has 0 spiro atoms. The van der Waals surface area contributed by atoms with E-state index in [1.54, 1.807) is 0 Å². The van der Waals surface area contributed by atoms with Gasteiger partial charge in [0.1, 0.15) is 0 Å². The SMILES string of the molecule is CC1CCCC(C)N1C(=O)CN1CCC(CCC(=O)O)C1. The second-order valence-corrected chi connectivity index (χ2v) is 6.75. The smallest absolute Gasteiger partial charge is 0.303 e. The Bertz CT molecular complexity index is 376. The minimum Gasteiger partial charge on any atom is -0.481 e. The highest BCUT2D eigenvalue weighted by Gasteiger charge is 2.31. The van der Waals surface area contributed by atoms with Crippen molar-refractivity contribution in [3.8, 4) is 0 Å². The Kier molecular flexibility index (Phi) is 5.62. The molecular formula is C16H28N2O3. The molecule has 1 amide bonds. The molecule has 2 heterocycles. The molecule has 0 aromatic rings. The highest BCUT2D eigenvalue weighted by molar-refractivity contribution is 5.79. The van der Waals surface area contributed by atoms with Crippen molar-refractivity contribution in [1.82, 2.24) is 9.80 Å². The zero-order valence-electron chi connectivity index (χ0n) is 13.3. The number of carboxylic acids is 1. The van der Waals surface area contributed by atoms with Crippen molar-refractivity contribution >= 4 is 11.9 Å². The first-order valence-electron chi connectivity index (χ1n) is 8.22. The third kappa shape index (κ3) is 4.43. The predicted molar refractivity (Wildman–Crippen MR) is 81.0 cm³/mol. The van der Waals surface area contributed by atoms with Gasteiger partial charge < -0.3 is 10.0 Å². The van der Waals surface area contributed by atoms with Gasteiger partial charge in [-0.2, -0.15) is 0 Å². The van der Waals surface area contributed by atoms with Crippen molar-refractivity contribution in [2.75, 3.05) is 19.6 Å². The third-order valence-electron chi connectivity index (χ3n) is 4.98. The average molecular weight is 296 g/mol. The highest BCUT2D eigenvalue weighted by atomic mass is 16.4. The minimum atomic E-state index is -0.722. The number of carbonyl (C=O) groups is 2. The molecule has 3 unspecified atom stereocenters. The van der Waals surface area contributed by atoms with Crippen LogP contribution in [0.2, 0.25) is 0 Å². The summed E-state index contributed by atoms with van der Waals surface area (Å²) in [7, 11) is 0. The van der Waals surface area contributed by atoms with Gasteiger partial charge in [0.25, 0.3) is 0 Å². The number of hydrogen-bond donors (Lipinski definition) is 1. The van der Waals surface area contributed by atoms with E-state index in [2.05, 4.69) is 23.6 Å². The van der Waals surface area contributed by atoms with Gasteiger partial charge in [-0.05, 0) is 58.4 Å². The summed E-state index contributed by atoms with van der Waals surface area (Å²) in [5, 5.41) is 8.74. The third-order valence-corrected chi connectivity index (χ3v) is 4.98. The molecule has 0 aromatic carbocycles. The number of amides is 1. The summed E-state index contributed by atoms with van der Waals surface area (Å²) in [4.78, 5) is 27.4. The summed E-state index contributed by atoms with van der Waals surface area (Å²) < 4.78 is 0. The van der Waals surface area contributed by atoms with Crippen LogP contribution >= 0.6 is 0 Å². The van der Waals surface area contributed by atoms with Gasteiger partial charge >= 0.3 is 5.97 Å². The molecule has 120 valence electrons. The van der Waals surface area contributed by atoms with Crippen LogP contribution in [0.1, 0.15) is 52.4 Å². The van der Waals surface area contributed by atoms with Crippen molar-refractivity contribution in [3.63, 3.8) is 0 Å². The molecule has 0 radical (unpaired) electrons. The zero-order valence-corrected chi connectivity index (χ0v) is 13.3. The van der Waals surface area contributed by atoms with Crippen LogP contribution in [0.5, 0.6) is 0 Å². The fraction of sp³-hybridized carbons (Fsp3) is 0.875. The first kappa shape index (κ1) is 16.3. The molecule has 2 aliphatic rings. The molecule has 2 rings (SSSR count). The van der Waals surface area contributed by atoms with Crippen LogP contribution in [0.25, 0.3) is 0 Å². The second-order valence-electron chi connectivity index (χ2n) is 6.75. The van der Waals surface area contributed by atoms with Crippen molar-refractivity contribution in [2.45, 2.75) is 64.5 Å². The average Bonchev–Trinajstić information content (AvgIpc) is 2.83. The number of hydrogen-bond acceptors (Lipinski definition) is 3. The van der Waals surface area contributed by atoms with Crippen molar-refractivity contribution in [1.29, 1.82) is 0 Å². The lowest BCUT2D eigenvalue weighted by Gasteiger charge is -2.39. The van der Waals surface area contributed by atoms with Crippen LogP contribution in [0.4, 0.5) is 0 Å². The monoisotopic (exact) mass is 296 g/mol. The maximum absolute atomic E-state index is 12.5. The van der Waals surface area contributed by atoms with E-state index in [0.29, 0.717) is 24.5 Å². The molecule has 2 saturated heterocycles. The summed E-state index contributed by atoms with van der Waals surface area (Å²) in [6.07, 6.45) is 5.43. The molecular weight excluding hydrogens is 268 g/mol. The van der Waals surface area contributed by atoms with Crippen molar-refractivity contribution < 1.29 is 14.7 Å². The lowest BCUT2D eigenvalue weighted by molar-refractivity contribution is -0.139. The van der Waals surface area contributed by atoms with E-state index in [-0.39, 0.29) is 12.3 Å². The first-order chi connectivity index (χ1) is 9.97. The lowest BCUT2D eigenvalue weighted by atomic mass is 9.97. The van der Waals surface area contributed by atoms with Crippen LogP contribution in [0.15, 0.2) is 0 Å². The Balaban J connectivity index is 1.79. The van der Waals surface area contributed by atoms with E-state index >= 15 is 0 Å². The van der Waals surface area contributed by atoms with Gasteiger partial charge in [-0.15, -0.1) is 0 Å². The van der Waals surface area contributed by atoms with E-state index in [4.69, 9.17) is 5.11 Å². The van der Waals surface area contributed by atoms with Gasteiger partial charge in [-0.1, -0.05) is 0 Å². The lowest BCUT2D eigenvalue weighted by Crippen LogP contribution is -2.50. The molecule has 5 nitrogen and oxygen atoms in total. The molecule has 5 heteroatoms. The summed E-state index contributed by atoms with van der Waals surface area (Å²) in [6, 6.07) is 0.707. The van der Waals surface area contributed by atoms with Gasteiger partial charge in [-0.25, -0.2) is 0 Å². The van der Waals surface area contributed by atoms with E-state index in [9.17, 15) is 9.59 Å². The number of carboxylic acid groups (broad SMARTS) is 1. The Labute approximate surface area is 127 Å². The molecule has 0 bridgehead atoms. The van der Waals surface area contributed by atoms with Gasteiger partial charge in [0.2, 0.25) is 5.91 Å². The number of carbonyl (C=O) groups excluding carboxylic acids is 1. The summed E-state index contributed by atoms with van der Waals surface area (Å²) >= 11 is 0. The van der Waals surface area contributed by atoms with Crippen LogP contribution in [0.3, 0.4) is 0 Å². The van der Waals surface area contributed by atoms with Gasteiger partial charge in [-0.3, -0.25) is 14.5 Å². The Morgan fingerprint density at radius 2 is 1.81 bits per heavy atom. The van der Waals surface area contributed by atoms with Crippen molar-refractivity contribution in [3.05, 3.63) is 0 Å². The quantitative estimate of drug-likeness (QED) is 0.842. The zero-order chi connectivity index (χ0) is 15.4. The molecule has 1 N–H and O–H groups in total. The summed E-state index contributed by atoms with van der Waals surface area (Å²) in [5.41, 5.74) is 0. The van der Waals surface area contributed by atoms with E-state index in [0.717, 1.165) is 38.8 Å². The molecule has 0 aromatic heterocycles. The predicted octanol–water partition coefficient (Wildman–Crippen LogP) is 1.96. The standard InChI is InChI=1S/C16H28N2O3/c1-12-4-3-5-13(2)18(12)15(19)11-17-9-8-14(10-17)6-7-16(20)21/h12-14H,3-11H2,1-2H3,(H,20,21). The number of nitrogens with zero attached hydrogens (tertiary/aromatic N) is 2. The van der Waals surface area contributed by atoms with Crippen LogP contribution < -0.4 is 0 Å². The number of piperidine rings is 1. The van der Waals surface area contributed by atoms with Gasteiger partial charge in [0, 0.05) is 25.0 Å². The second kappa shape index (κ2) is 7.25. The first-order valence-corrected chi connectivity index (χ1v) is 8.22. The normalized spacial score (nSPS) is 30.6. The fourth-order valence-corrected chi connectivity index (χ4v) is 3.81. The number of rotatable bonds is 5. The van der Waals surface area contributed by atoms with E-state index in [1.807, 2.05) is 0 Å². The Morgan fingerprint density at radius 3 is 2.43 bits per heavy atom. The topological polar surface area (TPSA) is 60.9 Å². The summed E-state index contributed by atoms with van der Waals surface area (Å²) in [5.74, 6) is -0.0424. The Hall–Kier alpha value is -1.10. The fourth-order valence-electron chi connectivity index (χ4n) is 3.81. The van der Waals surface area contributed by atoms with Crippen LogP contribution in [0, 0.1) is 5.92 Å². The molecule has 0 aliphatic carbocycles. The summed E-state index contributed by atoms with van der Waals surface area (Å²) in [6.45, 7) is 6.58. The number of aliphatic carboxylic acids is 1. The minimum absolute atomic E-state index is 0.243. The Morgan fingerprint density at radius 1 is 1.14 bits per heavy atom. The largest absolute Gasteiger partial charge is 0.481 e. The van der Waals surface area contributed by atoms with E-state index < -0.39 is 5.97 Å². The molecule has 2 aliphatic heterocycles. The molecule has 2 fully saturated rings. The molecule has 3 atom stereocenters. The highest BCUT2D eigenvalue weighted by Crippen LogP contribution is 2.24. The van der Waals surface area contributed by atoms with Crippen LogP contribution in [-0.2, 0) is 9.59 Å². The number of likely N-dealkylation sites (tertiary alicyclic amines) is 2.